The van der Waals surface area contributed by atoms with Crippen LogP contribution in [-0.2, 0) is 13.0 Å². The highest BCUT2D eigenvalue weighted by atomic mass is 79.9. The van der Waals surface area contributed by atoms with E-state index in [0.29, 0.717) is 5.41 Å². The van der Waals surface area contributed by atoms with Gasteiger partial charge in [-0.05, 0) is 61.0 Å². The molecule has 0 amide bonds. The molecule has 0 aliphatic heterocycles. The third kappa shape index (κ3) is 2.64. The van der Waals surface area contributed by atoms with E-state index in [1.54, 1.807) is 0 Å². The third-order valence-corrected chi connectivity index (χ3v) is 5.19. The predicted molar refractivity (Wildman–Crippen MR) is 78.9 cm³/mol. The van der Waals surface area contributed by atoms with Crippen molar-refractivity contribution < 1.29 is 0 Å². The molecule has 1 N–H and O–H groups in total. The lowest BCUT2D eigenvalue weighted by molar-refractivity contribution is 0.127. The van der Waals surface area contributed by atoms with Crippen LogP contribution in [0.5, 0.6) is 0 Å². The summed E-state index contributed by atoms with van der Waals surface area (Å²) < 4.78 is 3.37. The van der Waals surface area contributed by atoms with E-state index >= 15 is 0 Å². The molecule has 0 saturated heterocycles. The van der Waals surface area contributed by atoms with Crippen LogP contribution in [0.4, 0.5) is 0 Å². The van der Waals surface area contributed by atoms with Gasteiger partial charge in [0.1, 0.15) is 0 Å². The van der Waals surface area contributed by atoms with Gasteiger partial charge in [-0.15, -0.1) is 0 Å². The van der Waals surface area contributed by atoms with E-state index in [-0.39, 0.29) is 0 Å². The average molecular weight is 314 g/mol. The molecule has 1 aromatic rings. The fourth-order valence-electron chi connectivity index (χ4n) is 2.88. The molecular formula is C14H24BrN3. The summed E-state index contributed by atoms with van der Waals surface area (Å²) in [6.07, 6.45) is 5.22. The van der Waals surface area contributed by atoms with Gasteiger partial charge in [0.15, 0.2) is 0 Å². The number of aryl methyl sites for hydroxylation is 2. The van der Waals surface area contributed by atoms with Crippen molar-refractivity contribution in [2.24, 2.45) is 5.41 Å². The molecule has 2 rings (SSSR count). The second-order valence-corrected chi connectivity index (χ2v) is 6.27. The Hall–Kier alpha value is -0.350. The topological polar surface area (TPSA) is 29.9 Å². The Balaban J connectivity index is 2.16. The van der Waals surface area contributed by atoms with Crippen LogP contribution in [0.25, 0.3) is 0 Å². The number of hydrogen-bond donors (Lipinski definition) is 1. The lowest BCUT2D eigenvalue weighted by atomic mass is 9.66. The number of nitrogens with one attached hydrogen (secondary N) is 1. The zero-order valence-corrected chi connectivity index (χ0v) is 13.3. The summed E-state index contributed by atoms with van der Waals surface area (Å²) in [5.74, 6) is 0. The molecule has 1 aromatic heterocycles. The highest BCUT2D eigenvalue weighted by Crippen LogP contribution is 2.44. The van der Waals surface area contributed by atoms with Crippen molar-refractivity contribution in [1.29, 1.82) is 0 Å². The molecule has 1 aliphatic rings. The van der Waals surface area contributed by atoms with Gasteiger partial charge in [-0.2, -0.15) is 5.10 Å². The number of nitrogens with zero attached hydrogens (tertiary/aromatic N) is 2. The SMILES string of the molecule is CCNCC1(Cc2c(Br)c(C)nn2CC)CCC1. The fourth-order valence-corrected chi connectivity index (χ4v) is 3.30. The molecule has 0 atom stereocenters. The number of aromatic nitrogens is 2. The molecule has 4 heteroatoms. The van der Waals surface area contributed by atoms with Gasteiger partial charge in [0.05, 0.1) is 15.9 Å². The standard InChI is InChI=1S/C14H24BrN3/c1-4-16-10-14(7-6-8-14)9-12-13(15)11(3)17-18(12)5-2/h16H,4-10H2,1-3H3. The quantitative estimate of drug-likeness (QED) is 0.873. The lowest BCUT2D eigenvalue weighted by Crippen LogP contribution is -2.42. The van der Waals surface area contributed by atoms with Gasteiger partial charge in [-0.25, -0.2) is 0 Å². The van der Waals surface area contributed by atoms with E-state index in [2.05, 4.69) is 51.8 Å². The van der Waals surface area contributed by atoms with Gasteiger partial charge in [0, 0.05) is 13.1 Å². The number of rotatable bonds is 6. The molecule has 1 aliphatic carbocycles. The molecule has 1 saturated carbocycles. The average Bonchev–Trinajstić information content (AvgIpc) is 2.59. The monoisotopic (exact) mass is 313 g/mol. The Kier molecular flexibility index (Phi) is 4.49. The summed E-state index contributed by atoms with van der Waals surface area (Å²) in [5.41, 5.74) is 2.97. The largest absolute Gasteiger partial charge is 0.316 e. The van der Waals surface area contributed by atoms with Crippen LogP contribution in [0, 0.1) is 12.3 Å². The van der Waals surface area contributed by atoms with Crippen LogP contribution in [0.1, 0.15) is 44.5 Å². The van der Waals surface area contributed by atoms with Crippen LogP contribution in [0.2, 0.25) is 0 Å². The zero-order chi connectivity index (χ0) is 13.2. The van der Waals surface area contributed by atoms with E-state index in [1.807, 2.05) is 0 Å². The molecule has 18 heavy (non-hydrogen) atoms. The summed E-state index contributed by atoms with van der Waals surface area (Å²) in [4.78, 5) is 0. The molecule has 0 unspecified atom stereocenters. The summed E-state index contributed by atoms with van der Waals surface area (Å²) in [6.45, 7) is 9.60. The van der Waals surface area contributed by atoms with E-state index in [1.165, 1.54) is 29.4 Å². The summed E-state index contributed by atoms with van der Waals surface area (Å²) in [7, 11) is 0. The van der Waals surface area contributed by atoms with Gasteiger partial charge in [0.2, 0.25) is 0 Å². The number of halogens is 1. The van der Waals surface area contributed by atoms with E-state index in [4.69, 9.17) is 0 Å². The maximum Gasteiger partial charge on any atom is 0.0738 e. The lowest BCUT2D eigenvalue weighted by Gasteiger charge is -2.42. The minimum absolute atomic E-state index is 0.470. The smallest absolute Gasteiger partial charge is 0.0738 e. The Morgan fingerprint density at radius 2 is 2.11 bits per heavy atom. The van der Waals surface area contributed by atoms with Crippen LogP contribution in [0.3, 0.4) is 0 Å². The first-order valence-electron chi connectivity index (χ1n) is 7.04. The molecule has 0 bridgehead atoms. The van der Waals surface area contributed by atoms with Gasteiger partial charge in [-0.3, -0.25) is 4.68 Å². The third-order valence-electron chi connectivity index (χ3n) is 4.16. The molecule has 0 spiro atoms. The summed E-state index contributed by atoms with van der Waals surface area (Å²) in [6, 6.07) is 0. The minimum Gasteiger partial charge on any atom is -0.316 e. The minimum atomic E-state index is 0.470. The van der Waals surface area contributed by atoms with Crippen LogP contribution < -0.4 is 5.32 Å². The second kappa shape index (κ2) is 5.74. The Morgan fingerprint density at radius 1 is 1.39 bits per heavy atom. The van der Waals surface area contributed by atoms with Crippen molar-refractivity contribution >= 4 is 15.9 Å². The van der Waals surface area contributed by atoms with E-state index in [0.717, 1.165) is 31.7 Å². The molecule has 102 valence electrons. The maximum absolute atomic E-state index is 4.60. The van der Waals surface area contributed by atoms with Gasteiger partial charge >= 0.3 is 0 Å². The first-order chi connectivity index (χ1) is 8.62. The molecular weight excluding hydrogens is 290 g/mol. The Labute approximate surface area is 118 Å². The van der Waals surface area contributed by atoms with Crippen LogP contribution in [0.15, 0.2) is 4.47 Å². The molecule has 1 heterocycles. The maximum atomic E-state index is 4.60. The van der Waals surface area contributed by atoms with Crippen LogP contribution >= 0.6 is 15.9 Å². The zero-order valence-electron chi connectivity index (χ0n) is 11.7. The predicted octanol–water partition coefficient (Wildman–Crippen LogP) is 3.30. The van der Waals surface area contributed by atoms with Crippen molar-refractivity contribution in [2.45, 2.75) is 53.0 Å². The van der Waals surface area contributed by atoms with Gasteiger partial charge < -0.3 is 5.32 Å². The Bertz CT molecular complexity index is 407. The van der Waals surface area contributed by atoms with Crippen molar-refractivity contribution in [3.8, 4) is 0 Å². The molecule has 3 nitrogen and oxygen atoms in total. The molecule has 0 aromatic carbocycles. The highest BCUT2D eigenvalue weighted by molar-refractivity contribution is 9.10. The van der Waals surface area contributed by atoms with Gasteiger partial charge in [-0.1, -0.05) is 13.3 Å². The van der Waals surface area contributed by atoms with Crippen molar-refractivity contribution in [1.82, 2.24) is 15.1 Å². The van der Waals surface area contributed by atoms with E-state index in [9.17, 15) is 0 Å². The van der Waals surface area contributed by atoms with Crippen molar-refractivity contribution in [3.63, 3.8) is 0 Å². The Morgan fingerprint density at radius 3 is 2.61 bits per heavy atom. The molecule has 0 radical (unpaired) electrons. The number of hydrogen-bond acceptors (Lipinski definition) is 2. The van der Waals surface area contributed by atoms with Crippen LogP contribution in [-0.4, -0.2) is 22.9 Å². The molecule has 1 fully saturated rings. The first-order valence-corrected chi connectivity index (χ1v) is 7.83. The van der Waals surface area contributed by atoms with E-state index < -0.39 is 0 Å². The normalized spacial score (nSPS) is 17.8. The fraction of sp³-hybridized carbons (Fsp3) is 0.786. The summed E-state index contributed by atoms with van der Waals surface area (Å²) >= 11 is 3.71. The van der Waals surface area contributed by atoms with Crippen molar-refractivity contribution in [3.05, 3.63) is 15.9 Å². The van der Waals surface area contributed by atoms with Crippen molar-refractivity contribution in [2.75, 3.05) is 13.1 Å². The summed E-state index contributed by atoms with van der Waals surface area (Å²) in [5, 5.41) is 8.13. The highest BCUT2D eigenvalue weighted by Gasteiger charge is 2.38. The first kappa shape index (κ1) is 14.1. The second-order valence-electron chi connectivity index (χ2n) is 5.47. The van der Waals surface area contributed by atoms with Gasteiger partial charge in [0.25, 0.3) is 0 Å².